The monoisotopic (exact) mass is 656 g/mol. The molecule has 1 saturated heterocycles. The number of nitrogens with one attached hydrogen (secondary N) is 1. The molecule has 2 atom stereocenters. The quantitative estimate of drug-likeness (QED) is 0.391. The van der Waals surface area contributed by atoms with Crippen molar-refractivity contribution in [1.29, 1.82) is 0 Å². The van der Waals surface area contributed by atoms with Crippen LogP contribution in [0.3, 0.4) is 0 Å². The summed E-state index contributed by atoms with van der Waals surface area (Å²) in [5.74, 6) is -2.56. The van der Waals surface area contributed by atoms with Gasteiger partial charge in [-0.05, 0) is 91.1 Å². The third kappa shape index (κ3) is 7.85. The third-order valence-corrected chi connectivity index (χ3v) is 8.42. The van der Waals surface area contributed by atoms with Crippen molar-refractivity contribution in [3.05, 3.63) is 58.7 Å². The molecule has 0 radical (unpaired) electrons. The Balaban J connectivity index is 1.72. The van der Waals surface area contributed by atoms with Crippen LogP contribution in [-0.2, 0) is 19.9 Å². The van der Waals surface area contributed by atoms with Crippen molar-refractivity contribution in [3.63, 3.8) is 0 Å². The Morgan fingerprint density at radius 3 is 2.38 bits per heavy atom. The van der Waals surface area contributed by atoms with Crippen LogP contribution in [0.4, 0.5) is 19.3 Å². The highest BCUT2D eigenvalue weighted by atomic mass is 19.1. The minimum atomic E-state index is -1.79. The van der Waals surface area contributed by atoms with Crippen molar-refractivity contribution >= 4 is 29.5 Å². The summed E-state index contributed by atoms with van der Waals surface area (Å²) in [6.45, 7) is 15.1. The van der Waals surface area contributed by atoms with Crippen LogP contribution in [0.5, 0.6) is 5.75 Å². The number of amides is 4. The van der Waals surface area contributed by atoms with Gasteiger partial charge in [0.25, 0.3) is 11.8 Å². The molecule has 256 valence electrons. The fourth-order valence-corrected chi connectivity index (χ4v) is 6.12. The molecule has 1 N–H and O–H groups in total. The largest absolute Gasteiger partial charge is 0.471 e. The first kappa shape index (κ1) is 35.6. The van der Waals surface area contributed by atoms with Gasteiger partial charge in [0, 0.05) is 55.8 Å². The standard InChI is InChI=1S/C35H46F2N4O6/c1-9-30(42)38-12-14-40-28-19-27(22(4)15-29(28)46-35(8,32(40)44)23-16-24(36)18-25(37)17-23)31(43)41(21(2)3)26-11-10-13-39(20-26)33(45)47-34(5,6)7/h15-19,21,26H,9-14,20H2,1-8H3,(H,38,42)/t26-,35+/m1/s1. The molecule has 2 aliphatic heterocycles. The molecule has 2 aliphatic rings. The lowest BCUT2D eigenvalue weighted by molar-refractivity contribution is -0.135. The first-order valence-corrected chi connectivity index (χ1v) is 16.1. The molecular formula is C35H46F2N4O6. The summed E-state index contributed by atoms with van der Waals surface area (Å²) in [6, 6.07) is 5.58. The van der Waals surface area contributed by atoms with Crippen LogP contribution in [0.1, 0.15) is 89.2 Å². The van der Waals surface area contributed by atoms with Crippen LogP contribution < -0.4 is 15.0 Å². The molecule has 0 aromatic heterocycles. The minimum absolute atomic E-state index is 0.0103. The number of carbonyl (C=O) groups is 4. The Labute approximate surface area is 275 Å². The van der Waals surface area contributed by atoms with E-state index in [1.54, 1.807) is 35.8 Å². The summed E-state index contributed by atoms with van der Waals surface area (Å²) < 4.78 is 40.4. The van der Waals surface area contributed by atoms with E-state index in [9.17, 15) is 28.0 Å². The zero-order chi connectivity index (χ0) is 34.8. The molecular weight excluding hydrogens is 610 g/mol. The van der Waals surface area contributed by atoms with E-state index in [1.807, 2.05) is 34.6 Å². The van der Waals surface area contributed by atoms with Crippen molar-refractivity contribution in [2.24, 2.45) is 0 Å². The van der Waals surface area contributed by atoms with E-state index < -0.39 is 34.8 Å². The summed E-state index contributed by atoms with van der Waals surface area (Å²) in [5, 5.41) is 2.76. The number of hydrogen-bond donors (Lipinski definition) is 1. The Morgan fingerprint density at radius 1 is 1.13 bits per heavy atom. The molecule has 0 spiro atoms. The topological polar surface area (TPSA) is 108 Å². The lowest BCUT2D eigenvalue weighted by Crippen LogP contribution is -2.55. The van der Waals surface area contributed by atoms with Crippen LogP contribution >= 0.6 is 0 Å². The second-order valence-corrected chi connectivity index (χ2v) is 13.6. The number of halogens is 2. The predicted octanol–water partition coefficient (Wildman–Crippen LogP) is 5.69. The molecule has 4 amide bonds. The van der Waals surface area contributed by atoms with E-state index in [4.69, 9.17) is 9.47 Å². The van der Waals surface area contributed by atoms with Crippen LogP contribution in [0.15, 0.2) is 30.3 Å². The highest BCUT2D eigenvalue weighted by Crippen LogP contribution is 2.44. The second-order valence-electron chi connectivity index (χ2n) is 13.6. The maximum Gasteiger partial charge on any atom is 0.410 e. The molecule has 47 heavy (non-hydrogen) atoms. The number of fused-ring (bicyclic) bond motifs is 1. The fourth-order valence-electron chi connectivity index (χ4n) is 6.12. The van der Waals surface area contributed by atoms with Crippen LogP contribution in [-0.4, -0.2) is 77.5 Å². The average molecular weight is 657 g/mol. The van der Waals surface area contributed by atoms with Gasteiger partial charge in [0.2, 0.25) is 11.5 Å². The van der Waals surface area contributed by atoms with Crippen LogP contribution in [0.25, 0.3) is 0 Å². The van der Waals surface area contributed by atoms with Crippen molar-refractivity contribution in [2.45, 2.75) is 97.9 Å². The molecule has 0 unspecified atom stereocenters. The van der Waals surface area contributed by atoms with Crippen molar-refractivity contribution < 1.29 is 37.4 Å². The van der Waals surface area contributed by atoms with Crippen molar-refractivity contribution in [1.82, 2.24) is 15.1 Å². The first-order chi connectivity index (χ1) is 21.9. The lowest BCUT2D eigenvalue weighted by Gasteiger charge is -2.43. The molecule has 4 rings (SSSR count). The van der Waals surface area contributed by atoms with Gasteiger partial charge >= 0.3 is 6.09 Å². The van der Waals surface area contributed by atoms with Gasteiger partial charge in [0.05, 0.1) is 11.7 Å². The number of hydrogen-bond acceptors (Lipinski definition) is 6. The number of aryl methyl sites for hydroxylation is 1. The molecule has 0 bridgehead atoms. The summed E-state index contributed by atoms with van der Waals surface area (Å²) >= 11 is 0. The number of likely N-dealkylation sites (tertiary alicyclic amines) is 1. The van der Waals surface area contributed by atoms with Crippen molar-refractivity contribution in [3.8, 4) is 5.75 Å². The lowest BCUT2D eigenvalue weighted by atomic mass is 9.90. The van der Waals surface area contributed by atoms with Gasteiger partial charge in [0.15, 0.2) is 0 Å². The summed E-state index contributed by atoms with van der Waals surface area (Å²) in [4.78, 5) is 58.2. The van der Waals surface area contributed by atoms with E-state index in [-0.39, 0.29) is 54.7 Å². The number of anilines is 1. The summed E-state index contributed by atoms with van der Waals surface area (Å²) in [6.07, 6.45) is 1.22. The van der Waals surface area contributed by atoms with E-state index in [0.29, 0.717) is 48.8 Å². The minimum Gasteiger partial charge on any atom is -0.471 e. The SMILES string of the molecule is CCC(=O)NCCN1C(=O)[C@](C)(c2cc(F)cc(F)c2)Oc2cc(C)c(C(=O)N(C(C)C)[C@@H]3CCCN(C(=O)OC(C)(C)C)C3)cc21. The number of benzene rings is 2. The number of ether oxygens (including phenoxy) is 2. The third-order valence-electron chi connectivity index (χ3n) is 8.42. The number of nitrogens with zero attached hydrogens (tertiary/aromatic N) is 3. The van der Waals surface area contributed by atoms with Gasteiger partial charge in [0.1, 0.15) is 23.0 Å². The van der Waals surface area contributed by atoms with Crippen LogP contribution in [0, 0.1) is 18.6 Å². The van der Waals surface area contributed by atoms with E-state index >= 15 is 0 Å². The normalized spacial score (nSPS) is 19.6. The molecule has 2 aromatic rings. The zero-order valence-corrected chi connectivity index (χ0v) is 28.5. The Kier molecular flexibility index (Phi) is 10.5. The fraction of sp³-hybridized carbons (Fsp3) is 0.543. The molecule has 2 heterocycles. The maximum atomic E-state index is 14.4. The van der Waals surface area contributed by atoms with E-state index in [0.717, 1.165) is 12.1 Å². The molecule has 2 aromatic carbocycles. The second kappa shape index (κ2) is 13.9. The molecule has 1 fully saturated rings. The molecule has 12 heteroatoms. The smallest absolute Gasteiger partial charge is 0.410 e. The van der Waals surface area contributed by atoms with Crippen molar-refractivity contribution in [2.75, 3.05) is 31.1 Å². The molecule has 0 aliphatic carbocycles. The Bertz CT molecular complexity index is 1520. The number of piperidine rings is 1. The van der Waals surface area contributed by atoms with E-state index in [2.05, 4.69) is 5.32 Å². The zero-order valence-electron chi connectivity index (χ0n) is 28.5. The Morgan fingerprint density at radius 2 is 1.79 bits per heavy atom. The highest BCUT2D eigenvalue weighted by Gasteiger charge is 2.47. The van der Waals surface area contributed by atoms with E-state index in [1.165, 1.54) is 11.8 Å². The van der Waals surface area contributed by atoms with Gasteiger partial charge in [-0.25, -0.2) is 13.6 Å². The van der Waals surface area contributed by atoms with Gasteiger partial charge in [-0.15, -0.1) is 0 Å². The van der Waals surface area contributed by atoms with Crippen LogP contribution in [0.2, 0.25) is 0 Å². The molecule has 0 saturated carbocycles. The first-order valence-electron chi connectivity index (χ1n) is 16.1. The van der Waals surface area contributed by atoms with Gasteiger partial charge in [-0.3, -0.25) is 14.4 Å². The number of carbonyl (C=O) groups excluding carboxylic acids is 4. The number of rotatable bonds is 8. The highest BCUT2D eigenvalue weighted by molar-refractivity contribution is 6.05. The van der Waals surface area contributed by atoms with Gasteiger partial charge in [-0.1, -0.05) is 6.92 Å². The Hall–Kier alpha value is -4.22. The summed E-state index contributed by atoms with van der Waals surface area (Å²) in [5.41, 5.74) is -1.25. The average Bonchev–Trinajstić information content (AvgIpc) is 2.97. The predicted molar refractivity (Wildman–Crippen MR) is 173 cm³/mol. The molecule has 10 nitrogen and oxygen atoms in total. The van der Waals surface area contributed by atoms with Gasteiger partial charge < -0.3 is 29.5 Å². The maximum absolute atomic E-state index is 14.4. The van der Waals surface area contributed by atoms with Gasteiger partial charge in [-0.2, -0.15) is 0 Å². The summed E-state index contributed by atoms with van der Waals surface area (Å²) in [7, 11) is 0.